The Balaban J connectivity index is 2.03. The van der Waals surface area contributed by atoms with Crippen molar-refractivity contribution in [3.8, 4) is 5.75 Å². The van der Waals surface area contributed by atoms with Gasteiger partial charge in [-0.3, -0.25) is 5.10 Å². The molecule has 1 atom stereocenters. The molecule has 0 aliphatic carbocycles. The van der Waals surface area contributed by atoms with Crippen LogP contribution in [-0.2, 0) is 6.42 Å². The summed E-state index contributed by atoms with van der Waals surface area (Å²) >= 11 is 0. The smallest absolute Gasteiger partial charge is 0.119 e. The summed E-state index contributed by atoms with van der Waals surface area (Å²) in [6.07, 6.45) is 6.77. The maximum absolute atomic E-state index is 5.33. The van der Waals surface area contributed by atoms with E-state index in [0.717, 1.165) is 24.4 Å². The van der Waals surface area contributed by atoms with Crippen LogP contribution in [0, 0.1) is 0 Å². The largest absolute Gasteiger partial charge is 0.497 e. The molecule has 19 heavy (non-hydrogen) atoms. The molecule has 1 aromatic carbocycles. The molecule has 2 heterocycles. The molecule has 0 bridgehead atoms. The predicted molar refractivity (Wildman–Crippen MR) is 75.6 cm³/mol. The minimum atomic E-state index is 0.163. The van der Waals surface area contributed by atoms with Crippen molar-refractivity contribution in [2.75, 3.05) is 18.6 Å². The van der Waals surface area contributed by atoms with Gasteiger partial charge in [0, 0.05) is 12.7 Å². The molecule has 1 aliphatic rings. The highest BCUT2D eigenvalue weighted by molar-refractivity contribution is 5.52. The topological polar surface area (TPSA) is 41.1 Å². The van der Waals surface area contributed by atoms with E-state index < -0.39 is 0 Å². The minimum Gasteiger partial charge on any atom is -0.497 e. The number of H-pyrrole nitrogens is 1. The lowest BCUT2D eigenvalue weighted by Gasteiger charge is -2.36. The van der Waals surface area contributed by atoms with Crippen LogP contribution in [0.25, 0.3) is 0 Å². The molecular formula is C15H17N3O. The zero-order valence-electron chi connectivity index (χ0n) is 11.0. The number of hydrogen-bond acceptors (Lipinski definition) is 3. The van der Waals surface area contributed by atoms with Crippen LogP contribution in [0.5, 0.6) is 5.75 Å². The maximum atomic E-state index is 5.33. The molecule has 1 aromatic heterocycles. The first-order valence-electron chi connectivity index (χ1n) is 6.38. The van der Waals surface area contributed by atoms with Gasteiger partial charge in [0.15, 0.2) is 0 Å². The highest BCUT2D eigenvalue weighted by Gasteiger charge is 2.26. The van der Waals surface area contributed by atoms with Crippen LogP contribution in [0.15, 0.2) is 43.2 Å². The van der Waals surface area contributed by atoms with Gasteiger partial charge in [-0.15, -0.1) is 6.58 Å². The van der Waals surface area contributed by atoms with Crippen LogP contribution in [0.1, 0.15) is 17.2 Å². The van der Waals surface area contributed by atoms with Crippen LogP contribution in [0.4, 0.5) is 5.69 Å². The Morgan fingerprint density at radius 1 is 1.53 bits per heavy atom. The number of aromatic amines is 1. The molecule has 0 fully saturated rings. The standard InChI is InChI=1S/C15H17N3O/c1-3-15-14-8-13(19-2)5-4-11(14)6-7-18(15)12-9-16-17-10-12/h3-5,8-10,15H,1,6-7H2,2H3,(H,16,17). The molecular weight excluding hydrogens is 238 g/mol. The molecule has 0 radical (unpaired) electrons. The van der Waals surface area contributed by atoms with Crippen molar-refractivity contribution in [1.29, 1.82) is 0 Å². The van der Waals surface area contributed by atoms with E-state index >= 15 is 0 Å². The summed E-state index contributed by atoms with van der Waals surface area (Å²) in [6.45, 7) is 4.95. The van der Waals surface area contributed by atoms with E-state index in [2.05, 4.69) is 33.8 Å². The van der Waals surface area contributed by atoms with Crippen molar-refractivity contribution in [2.45, 2.75) is 12.5 Å². The number of benzene rings is 1. The molecule has 4 heteroatoms. The quantitative estimate of drug-likeness (QED) is 0.857. The number of nitrogens with one attached hydrogen (secondary N) is 1. The SMILES string of the molecule is C=CC1c2cc(OC)ccc2CCN1c1cn[nH]c1. The monoisotopic (exact) mass is 255 g/mol. The third-order valence-electron chi connectivity index (χ3n) is 3.67. The van der Waals surface area contributed by atoms with Gasteiger partial charge in [0.05, 0.1) is 25.0 Å². The number of rotatable bonds is 3. The first-order valence-corrected chi connectivity index (χ1v) is 6.38. The first-order chi connectivity index (χ1) is 9.33. The summed E-state index contributed by atoms with van der Waals surface area (Å²) < 4.78 is 5.33. The molecule has 3 rings (SSSR count). The zero-order valence-corrected chi connectivity index (χ0v) is 11.0. The number of anilines is 1. The van der Waals surface area contributed by atoms with Crippen molar-refractivity contribution in [2.24, 2.45) is 0 Å². The van der Waals surface area contributed by atoms with Gasteiger partial charge >= 0.3 is 0 Å². The molecule has 98 valence electrons. The number of aromatic nitrogens is 2. The number of methoxy groups -OCH3 is 1. The van der Waals surface area contributed by atoms with Crippen molar-refractivity contribution in [1.82, 2.24) is 10.2 Å². The highest BCUT2D eigenvalue weighted by atomic mass is 16.5. The fraction of sp³-hybridized carbons (Fsp3) is 0.267. The summed E-state index contributed by atoms with van der Waals surface area (Å²) in [5.74, 6) is 0.889. The van der Waals surface area contributed by atoms with E-state index in [0.29, 0.717) is 0 Å². The number of nitrogens with zero attached hydrogens (tertiary/aromatic N) is 2. The van der Waals surface area contributed by atoms with Gasteiger partial charge < -0.3 is 9.64 Å². The summed E-state index contributed by atoms with van der Waals surface area (Å²) in [7, 11) is 1.70. The summed E-state index contributed by atoms with van der Waals surface area (Å²) in [5.41, 5.74) is 3.73. The lowest BCUT2D eigenvalue weighted by molar-refractivity contribution is 0.413. The van der Waals surface area contributed by atoms with Gasteiger partial charge in [0.2, 0.25) is 0 Å². The number of fused-ring (bicyclic) bond motifs is 1. The molecule has 1 unspecified atom stereocenters. The van der Waals surface area contributed by atoms with Gasteiger partial charge in [-0.25, -0.2) is 0 Å². The Labute approximate surface area is 112 Å². The molecule has 0 saturated carbocycles. The van der Waals surface area contributed by atoms with Crippen LogP contribution in [0.3, 0.4) is 0 Å². The van der Waals surface area contributed by atoms with Crippen LogP contribution >= 0.6 is 0 Å². The van der Waals surface area contributed by atoms with Crippen molar-refractivity contribution in [3.05, 3.63) is 54.4 Å². The third-order valence-corrected chi connectivity index (χ3v) is 3.67. The van der Waals surface area contributed by atoms with E-state index in [1.54, 1.807) is 7.11 Å². The molecule has 0 saturated heterocycles. The lowest BCUT2D eigenvalue weighted by Crippen LogP contribution is -2.34. The van der Waals surface area contributed by atoms with E-state index in [9.17, 15) is 0 Å². The van der Waals surface area contributed by atoms with Gasteiger partial charge in [-0.05, 0) is 29.7 Å². The second-order valence-electron chi connectivity index (χ2n) is 4.65. The molecule has 2 aromatic rings. The van der Waals surface area contributed by atoms with E-state index in [1.165, 1.54) is 11.1 Å². The third kappa shape index (κ3) is 1.99. The normalized spacial score (nSPS) is 17.9. The average Bonchev–Trinajstić information content (AvgIpc) is 2.99. The predicted octanol–water partition coefficient (Wildman–Crippen LogP) is 2.71. The molecule has 4 nitrogen and oxygen atoms in total. The van der Waals surface area contributed by atoms with Crippen LogP contribution < -0.4 is 9.64 Å². The van der Waals surface area contributed by atoms with Gasteiger partial charge in [-0.1, -0.05) is 12.1 Å². The Bertz CT molecular complexity index is 577. The number of hydrogen-bond donors (Lipinski definition) is 1. The van der Waals surface area contributed by atoms with Crippen LogP contribution in [0.2, 0.25) is 0 Å². The highest BCUT2D eigenvalue weighted by Crippen LogP contribution is 2.35. The Morgan fingerprint density at radius 3 is 3.11 bits per heavy atom. The summed E-state index contributed by atoms with van der Waals surface area (Å²) in [4.78, 5) is 2.30. The van der Waals surface area contributed by atoms with Gasteiger partial charge in [0.25, 0.3) is 0 Å². The van der Waals surface area contributed by atoms with Crippen molar-refractivity contribution < 1.29 is 4.74 Å². The number of ether oxygens (including phenoxy) is 1. The average molecular weight is 255 g/mol. The Hall–Kier alpha value is -2.23. The molecule has 1 N–H and O–H groups in total. The van der Waals surface area contributed by atoms with Crippen molar-refractivity contribution in [3.63, 3.8) is 0 Å². The molecule has 1 aliphatic heterocycles. The second-order valence-corrected chi connectivity index (χ2v) is 4.65. The van der Waals surface area contributed by atoms with E-state index in [4.69, 9.17) is 4.74 Å². The van der Waals surface area contributed by atoms with Crippen LogP contribution in [-0.4, -0.2) is 23.9 Å². The van der Waals surface area contributed by atoms with E-state index in [-0.39, 0.29) is 6.04 Å². The maximum Gasteiger partial charge on any atom is 0.119 e. The molecule has 0 spiro atoms. The summed E-state index contributed by atoms with van der Waals surface area (Å²) in [5, 5.41) is 6.90. The van der Waals surface area contributed by atoms with Crippen molar-refractivity contribution >= 4 is 5.69 Å². The lowest BCUT2D eigenvalue weighted by atomic mass is 9.92. The molecule has 0 amide bonds. The fourth-order valence-electron chi connectivity index (χ4n) is 2.70. The Morgan fingerprint density at radius 2 is 2.42 bits per heavy atom. The summed E-state index contributed by atoms with van der Waals surface area (Å²) in [6, 6.07) is 6.44. The second kappa shape index (κ2) is 4.80. The minimum absolute atomic E-state index is 0.163. The van der Waals surface area contributed by atoms with Gasteiger partial charge in [0.1, 0.15) is 5.75 Å². The fourth-order valence-corrected chi connectivity index (χ4v) is 2.70. The Kier molecular flexibility index (Phi) is 2.99. The van der Waals surface area contributed by atoms with Gasteiger partial charge in [-0.2, -0.15) is 5.10 Å². The van der Waals surface area contributed by atoms with E-state index in [1.807, 2.05) is 24.5 Å². The first kappa shape index (κ1) is 11.8. The zero-order chi connectivity index (χ0) is 13.2.